The van der Waals surface area contributed by atoms with Gasteiger partial charge in [-0.3, -0.25) is 4.99 Å². The van der Waals surface area contributed by atoms with Crippen LogP contribution in [0.4, 0.5) is 5.69 Å². The van der Waals surface area contributed by atoms with Gasteiger partial charge in [-0.05, 0) is 23.8 Å². The molecule has 0 atom stereocenters. The predicted octanol–water partition coefficient (Wildman–Crippen LogP) is 4.06. The number of halogens is 1. The molecule has 0 radical (unpaired) electrons. The van der Waals surface area contributed by atoms with E-state index in [0.29, 0.717) is 24.0 Å². The molecule has 0 aliphatic heterocycles. The van der Waals surface area contributed by atoms with Gasteiger partial charge in [-0.2, -0.15) is 0 Å². The Hall–Kier alpha value is -2.40. The molecule has 0 bridgehead atoms. The standard InChI is InChI=1S/C19H24ClN3O2/c1-19(2,14-7-5-6-8-15(14)20)12-22-18(21)23-13-9-10-16(24-3)17(11-13)25-4/h5-11H,12H2,1-4H3,(H3,21,22,23). The highest BCUT2D eigenvalue weighted by atomic mass is 35.5. The van der Waals surface area contributed by atoms with Crippen LogP contribution in [0.15, 0.2) is 47.5 Å². The first kappa shape index (κ1) is 18.9. The van der Waals surface area contributed by atoms with Crippen molar-refractivity contribution in [3.05, 3.63) is 53.1 Å². The van der Waals surface area contributed by atoms with Crippen LogP contribution in [0.25, 0.3) is 0 Å². The maximum Gasteiger partial charge on any atom is 0.193 e. The fraction of sp³-hybridized carbons (Fsp3) is 0.316. The van der Waals surface area contributed by atoms with Gasteiger partial charge in [0.05, 0.1) is 20.8 Å². The monoisotopic (exact) mass is 361 g/mol. The van der Waals surface area contributed by atoms with E-state index in [0.717, 1.165) is 16.3 Å². The van der Waals surface area contributed by atoms with Crippen LogP contribution in [0.5, 0.6) is 11.5 Å². The second kappa shape index (κ2) is 8.12. The molecule has 0 aromatic heterocycles. The lowest BCUT2D eigenvalue weighted by Gasteiger charge is -2.24. The van der Waals surface area contributed by atoms with Crippen LogP contribution in [0.2, 0.25) is 5.02 Å². The summed E-state index contributed by atoms with van der Waals surface area (Å²) in [7, 11) is 3.18. The van der Waals surface area contributed by atoms with Crippen molar-refractivity contribution in [1.29, 1.82) is 0 Å². The summed E-state index contributed by atoms with van der Waals surface area (Å²) in [6.45, 7) is 4.67. The molecule has 0 unspecified atom stereocenters. The topological polar surface area (TPSA) is 68.9 Å². The average molecular weight is 362 g/mol. The summed E-state index contributed by atoms with van der Waals surface area (Å²) in [6.07, 6.45) is 0. The molecule has 0 saturated heterocycles. The van der Waals surface area contributed by atoms with Crippen molar-refractivity contribution in [1.82, 2.24) is 0 Å². The third-order valence-corrected chi connectivity index (χ3v) is 4.23. The SMILES string of the molecule is COc1ccc(NC(N)=NCC(C)(C)c2ccccc2Cl)cc1OC. The summed E-state index contributed by atoms with van der Waals surface area (Å²) >= 11 is 6.29. The first-order chi connectivity index (χ1) is 11.9. The summed E-state index contributed by atoms with van der Waals surface area (Å²) in [4.78, 5) is 4.46. The van der Waals surface area contributed by atoms with Gasteiger partial charge in [-0.25, -0.2) is 0 Å². The molecule has 2 aromatic rings. The normalized spacial score (nSPS) is 12.0. The molecule has 0 heterocycles. The Labute approximate surface area is 153 Å². The third-order valence-electron chi connectivity index (χ3n) is 3.90. The maximum absolute atomic E-state index is 6.29. The Morgan fingerprint density at radius 3 is 2.44 bits per heavy atom. The van der Waals surface area contributed by atoms with Crippen molar-refractivity contribution in [3.63, 3.8) is 0 Å². The van der Waals surface area contributed by atoms with Gasteiger partial charge in [0.25, 0.3) is 0 Å². The maximum atomic E-state index is 6.29. The number of hydrogen-bond acceptors (Lipinski definition) is 3. The quantitative estimate of drug-likeness (QED) is 0.601. The Balaban J connectivity index is 2.10. The molecular formula is C19H24ClN3O2. The molecule has 6 heteroatoms. The summed E-state index contributed by atoms with van der Waals surface area (Å²) < 4.78 is 10.5. The highest BCUT2D eigenvalue weighted by Crippen LogP contribution is 2.31. The molecule has 5 nitrogen and oxygen atoms in total. The lowest BCUT2D eigenvalue weighted by Crippen LogP contribution is -2.28. The Kier molecular flexibility index (Phi) is 6.15. The number of aliphatic imine (C=N–C) groups is 1. The van der Waals surface area contributed by atoms with Crippen molar-refractivity contribution >= 4 is 23.2 Å². The van der Waals surface area contributed by atoms with Gasteiger partial charge in [-0.15, -0.1) is 0 Å². The average Bonchev–Trinajstić information content (AvgIpc) is 2.60. The molecule has 0 aliphatic rings. The number of hydrogen-bond donors (Lipinski definition) is 2. The second-order valence-corrected chi connectivity index (χ2v) is 6.67. The first-order valence-corrected chi connectivity index (χ1v) is 8.29. The van der Waals surface area contributed by atoms with Crippen LogP contribution in [0, 0.1) is 0 Å². The van der Waals surface area contributed by atoms with E-state index in [1.165, 1.54) is 0 Å². The van der Waals surface area contributed by atoms with Crippen molar-refractivity contribution in [2.45, 2.75) is 19.3 Å². The number of ether oxygens (including phenoxy) is 2. The fourth-order valence-corrected chi connectivity index (χ4v) is 2.87. The van der Waals surface area contributed by atoms with Gasteiger partial charge in [0.1, 0.15) is 0 Å². The highest BCUT2D eigenvalue weighted by Gasteiger charge is 2.22. The van der Waals surface area contributed by atoms with Crippen molar-refractivity contribution in [3.8, 4) is 11.5 Å². The van der Waals surface area contributed by atoms with Gasteiger partial charge in [0.2, 0.25) is 0 Å². The van der Waals surface area contributed by atoms with E-state index in [-0.39, 0.29) is 5.41 Å². The number of guanidine groups is 1. The van der Waals surface area contributed by atoms with E-state index in [1.807, 2.05) is 36.4 Å². The molecule has 25 heavy (non-hydrogen) atoms. The Bertz CT molecular complexity index is 760. The molecule has 3 N–H and O–H groups in total. The van der Waals surface area contributed by atoms with Crippen LogP contribution in [0.1, 0.15) is 19.4 Å². The zero-order chi connectivity index (χ0) is 18.4. The smallest absolute Gasteiger partial charge is 0.193 e. The largest absolute Gasteiger partial charge is 0.493 e. The van der Waals surface area contributed by atoms with Crippen LogP contribution in [-0.4, -0.2) is 26.7 Å². The number of benzene rings is 2. The Morgan fingerprint density at radius 2 is 1.80 bits per heavy atom. The van der Waals surface area contributed by atoms with Gasteiger partial charge in [0, 0.05) is 22.2 Å². The summed E-state index contributed by atoms with van der Waals surface area (Å²) in [5.41, 5.74) is 7.60. The van der Waals surface area contributed by atoms with E-state index in [4.69, 9.17) is 26.8 Å². The lowest BCUT2D eigenvalue weighted by molar-refractivity contribution is 0.355. The Morgan fingerprint density at radius 1 is 1.12 bits per heavy atom. The fourth-order valence-electron chi connectivity index (χ4n) is 2.48. The molecular weight excluding hydrogens is 338 g/mol. The van der Waals surface area contributed by atoms with Gasteiger partial charge < -0.3 is 20.5 Å². The highest BCUT2D eigenvalue weighted by molar-refractivity contribution is 6.31. The molecule has 0 aliphatic carbocycles. The van der Waals surface area contributed by atoms with E-state index >= 15 is 0 Å². The van der Waals surface area contributed by atoms with Crippen LogP contribution in [-0.2, 0) is 5.41 Å². The summed E-state index contributed by atoms with van der Waals surface area (Å²) in [5.74, 6) is 1.60. The lowest BCUT2D eigenvalue weighted by atomic mass is 9.85. The predicted molar refractivity (Wildman–Crippen MR) is 104 cm³/mol. The molecule has 0 spiro atoms. The minimum absolute atomic E-state index is 0.234. The molecule has 2 aromatic carbocycles. The van der Waals surface area contributed by atoms with Crippen molar-refractivity contribution < 1.29 is 9.47 Å². The van der Waals surface area contributed by atoms with Crippen LogP contribution in [0.3, 0.4) is 0 Å². The van der Waals surface area contributed by atoms with Crippen molar-refractivity contribution in [2.24, 2.45) is 10.7 Å². The summed E-state index contributed by atoms with van der Waals surface area (Å²) in [6, 6.07) is 13.2. The number of methoxy groups -OCH3 is 2. The van der Waals surface area contributed by atoms with Crippen LogP contribution < -0.4 is 20.5 Å². The molecule has 0 fully saturated rings. The van der Waals surface area contributed by atoms with E-state index in [1.54, 1.807) is 20.3 Å². The summed E-state index contributed by atoms with van der Waals surface area (Å²) in [5, 5.41) is 3.80. The number of anilines is 1. The first-order valence-electron chi connectivity index (χ1n) is 7.91. The molecule has 0 amide bonds. The van der Waals surface area contributed by atoms with Gasteiger partial charge >= 0.3 is 0 Å². The van der Waals surface area contributed by atoms with Gasteiger partial charge in [-0.1, -0.05) is 43.6 Å². The molecule has 134 valence electrons. The number of nitrogens with two attached hydrogens (primary N) is 1. The van der Waals surface area contributed by atoms with Crippen molar-refractivity contribution in [2.75, 3.05) is 26.1 Å². The van der Waals surface area contributed by atoms with E-state index in [9.17, 15) is 0 Å². The zero-order valence-corrected chi connectivity index (χ0v) is 15.7. The minimum Gasteiger partial charge on any atom is -0.493 e. The van der Waals surface area contributed by atoms with Gasteiger partial charge in [0.15, 0.2) is 17.5 Å². The number of rotatable bonds is 6. The number of nitrogens with one attached hydrogen (secondary N) is 1. The molecule has 2 rings (SSSR count). The molecule has 0 saturated carbocycles. The third kappa shape index (κ3) is 4.79. The van der Waals surface area contributed by atoms with E-state index < -0.39 is 0 Å². The van der Waals surface area contributed by atoms with E-state index in [2.05, 4.69) is 24.2 Å². The minimum atomic E-state index is -0.234. The van der Waals surface area contributed by atoms with Crippen LogP contribution >= 0.6 is 11.6 Å². The zero-order valence-electron chi connectivity index (χ0n) is 15.0. The number of nitrogens with zero attached hydrogens (tertiary/aromatic N) is 1. The second-order valence-electron chi connectivity index (χ2n) is 6.26.